The Morgan fingerprint density at radius 3 is 2.35 bits per heavy atom. The maximum atomic E-state index is 11.4. The van der Waals surface area contributed by atoms with Gasteiger partial charge in [-0.2, -0.15) is 0 Å². The van der Waals surface area contributed by atoms with Crippen molar-refractivity contribution in [3.05, 3.63) is 0 Å². The number of likely N-dealkylation sites (N-methyl/N-ethyl adjacent to an activating group) is 1. The van der Waals surface area contributed by atoms with E-state index in [0.29, 0.717) is 45.1 Å². The van der Waals surface area contributed by atoms with E-state index in [0.717, 1.165) is 13.0 Å². The van der Waals surface area contributed by atoms with Gasteiger partial charge in [0, 0.05) is 13.2 Å². The average molecular weight is 289 g/mol. The van der Waals surface area contributed by atoms with Crippen LogP contribution >= 0.6 is 0 Å². The second-order valence-electron chi connectivity index (χ2n) is 5.46. The van der Waals surface area contributed by atoms with Crippen molar-refractivity contribution in [2.45, 2.75) is 52.5 Å². The summed E-state index contributed by atoms with van der Waals surface area (Å²) < 4.78 is 10.9. The SMILES string of the molecule is CCNC(CC)(CCCOCCOCC(C)C)C(=O)O. The lowest BCUT2D eigenvalue weighted by atomic mass is 9.90. The first-order valence-electron chi connectivity index (χ1n) is 7.62. The summed E-state index contributed by atoms with van der Waals surface area (Å²) in [5.41, 5.74) is -0.813. The molecule has 0 aromatic heterocycles. The number of hydrogen-bond donors (Lipinski definition) is 2. The summed E-state index contributed by atoms with van der Waals surface area (Å²) in [4.78, 5) is 11.4. The normalized spacial score (nSPS) is 14.4. The second-order valence-corrected chi connectivity index (χ2v) is 5.46. The quantitative estimate of drug-likeness (QED) is 0.509. The molecule has 1 atom stereocenters. The number of hydrogen-bond acceptors (Lipinski definition) is 4. The standard InChI is InChI=1S/C15H31NO4/c1-5-15(14(17)18,16-6-2)8-7-9-19-10-11-20-12-13(3)4/h13,16H,5-12H2,1-4H3,(H,17,18). The van der Waals surface area contributed by atoms with Gasteiger partial charge in [-0.1, -0.05) is 27.7 Å². The monoisotopic (exact) mass is 289 g/mol. The highest BCUT2D eigenvalue weighted by Crippen LogP contribution is 2.18. The minimum Gasteiger partial charge on any atom is -0.480 e. The number of aliphatic carboxylic acids is 1. The molecule has 0 aliphatic heterocycles. The van der Waals surface area contributed by atoms with Crippen LogP contribution in [0, 0.1) is 5.92 Å². The lowest BCUT2D eigenvalue weighted by Crippen LogP contribution is -2.51. The Kier molecular flexibility index (Phi) is 10.7. The van der Waals surface area contributed by atoms with Crippen LogP contribution in [0.3, 0.4) is 0 Å². The topological polar surface area (TPSA) is 67.8 Å². The van der Waals surface area contributed by atoms with Gasteiger partial charge in [-0.25, -0.2) is 0 Å². The largest absolute Gasteiger partial charge is 0.480 e. The van der Waals surface area contributed by atoms with Crippen LogP contribution in [0.4, 0.5) is 0 Å². The third-order valence-electron chi connectivity index (χ3n) is 3.24. The smallest absolute Gasteiger partial charge is 0.323 e. The van der Waals surface area contributed by atoms with Gasteiger partial charge in [0.05, 0.1) is 13.2 Å². The number of carbonyl (C=O) groups is 1. The van der Waals surface area contributed by atoms with E-state index in [-0.39, 0.29) is 0 Å². The number of ether oxygens (including phenoxy) is 2. The summed E-state index contributed by atoms with van der Waals surface area (Å²) in [5, 5.41) is 12.4. The molecule has 0 fully saturated rings. The summed E-state index contributed by atoms with van der Waals surface area (Å²) in [6, 6.07) is 0. The highest BCUT2D eigenvalue weighted by molar-refractivity contribution is 5.78. The van der Waals surface area contributed by atoms with Gasteiger partial charge in [-0.05, 0) is 31.7 Å². The summed E-state index contributed by atoms with van der Waals surface area (Å²) in [6.07, 6.45) is 1.89. The molecule has 1 unspecified atom stereocenters. The Morgan fingerprint density at radius 2 is 1.85 bits per heavy atom. The molecule has 20 heavy (non-hydrogen) atoms. The predicted molar refractivity (Wildman–Crippen MR) is 80.0 cm³/mol. The summed E-state index contributed by atoms with van der Waals surface area (Å²) >= 11 is 0. The van der Waals surface area contributed by atoms with Crippen LogP contribution < -0.4 is 5.32 Å². The zero-order valence-corrected chi connectivity index (χ0v) is 13.4. The number of nitrogens with one attached hydrogen (secondary N) is 1. The molecule has 0 saturated carbocycles. The van der Waals surface area contributed by atoms with E-state index < -0.39 is 11.5 Å². The van der Waals surface area contributed by atoms with Crippen molar-refractivity contribution in [2.24, 2.45) is 5.92 Å². The first kappa shape index (κ1) is 19.4. The molecule has 0 spiro atoms. The molecule has 0 saturated heterocycles. The summed E-state index contributed by atoms with van der Waals surface area (Å²) in [5.74, 6) is -0.238. The van der Waals surface area contributed by atoms with Crippen molar-refractivity contribution < 1.29 is 19.4 Å². The molecule has 0 aliphatic rings. The fraction of sp³-hybridized carbons (Fsp3) is 0.933. The van der Waals surface area contributed by atoms with E-state index in [4.69, 9.17) is 9.47 Å². The van der Waals surface area contributed by atoms with Crippen molar-refractivity contribution in [1.29, 1.82) is 0 Å². The van der Waals surface area contributed by atoms with E-state index in [2.05, 4.69) is 19.2 Å². The molecule has 0 bridgehead atoms. The Balaban J connectivity index is 3.77. The Hall–Kier alpha value is -0.650. The highest BCUT2D eigenvalue weighted by atomic mass is 16.5. The average Bonchev–Trinajstić information content (AvgIpc) is 2.39. The number of rotatable bonds is 13. The van der Waals surface area contributed by atoms with Crippen LogP contribution in [0.15, 0.2) is 0 Å². The summed E-state index contributed by atoms with van der Waals surface area (Å²) in [6.45, 7) is 11.2. The molecule has 0 aromatic rings. The van der Waals surface area contributed by atoms with E-state index in [9.17, 15) is 9.90 Å². The molecule has 5 nitrogen and oxygen atoms in total. The lowest BCUT2D eigenvalue weighted by Gasteiger charge is -2.29. The minimum absolute atomic E-state index is 0.538. The van der Waals surface area contributed by atoms with Crippen molar-refractivity contribution in [1.82, 2.24) is 5.32 Å². The molecule has 0 heterocycles. The van der Waals surface area contributed by atoms with E-state index in [1.807, 2.05) is 13.8 Å². The maximum Gasteiger partial charge on any atom is 0.323 e. The summed E-state index contributed by atoms with van der Waals surface area (Å²) in [7, 11) is 0. The first-order valence-corrected chi connectivity index (χ1v) is 7.62. The van der Waals surface area contributed by atoms with Crippen molar-refractivity contribution in [3.63, 3.8) is 0 Å². The third kappa shape index (κ3) is 7.82. The Bertz CT molecular complexity index is 258. The molecule has 0 aliphatic carbocycles. The van der Waals surface area contributed by atoms with Gasteiger partial charge in [-0.3, -0.25) is 4.79 Å². The Labute approximate surface area is 123 Å². The van der Waals surface area contributed by atoms with Crippen LogP contribution in [-0.2, 0) is 14.3 Å². The fourth-order valence-corrected chi connectivity index (χ4v) is 2.08. The van der Waals surface area contributed by atoms with E-state index in [1.54, 1.807) is 0 Å². The van der Waals surface area contributed by atoms with Gasteiger partial charge in [0.1, 0.15) is 5.54 Å². The van der Waals surface area contributed by atoms with Gasteiger partial charge in [-0.15, -0.1) is 0 Å². The number of carboxylic acid groups (broad SMARTS) is 1. The molecular weight excluding hydrogens is 258 g/mol. The molecule has 0 radical (unpaired) electrons. The van der Waals surface area contributed by atoms with E-state index in [1.165, 1.54) is 0 Å². The molecule has 2 N–H and O–H groups in total. The number of carboxylic acids is 1. The van der Waals surface area contributed by atoms with Crippen LogP contribution in [0.25, 0.3) is 0 Å². The Morgan fingerprint density at radius 1 is 1.20 bits per heavy atom. The van der Waals surface area contributed by atoms with Gasteiger partial charge in [0.2, 0.25) is 0 Å². The van der Waals surface area contributed by atoms with Gasteiger partial charge in [0.15, 0.2) is 0 Å². The first-order chi connectivity index (χ1) is 9.48. The fourth-order valence-electron chi connectivity index (χ4n) is 2.08. The van der Waals surface area contributed by atoms with Crippen LogP contribution in [0.2, 0.25) is 0 Å². The van der Waals surface area contributed by atoms with Gasteiger partial charge >= 0.3 is 5.97 Å². The lowest BCUT2D eigenvalue weighted by molar-refractivity contribution is -0.145. The predicted octanol–water partition coefficient (Wildman–Crippen LogP) is 2.30. The zero-order chi connectivity index (χ0) is 15.4. The van der Waals surface area contributed by atoms with E-state index >= 15 is 0 Å². The zero-order valence-electron chi connectivity index (χ0n) is 13.4. The van der Waals surface area contributed by atoms with Crippen LogP contribution in [0.1, 0.15) is 47.0 Å². The highest BCUT2D eigenvalue weighted by Gasteiger charge is 2.34. The second kappa shape index (κ2) is 11.1. The van der Waals surface area contributed by atoms with Crippen LogP contribution in [-0.4, -0.2) is 49.6 Å². The molecule has 0 amide bonds. The van der Waals surface area contributed by atoms with Crippen molar-refractivity contribution in [2.75, 3.05) is 33.0 Å². The molecule has 120 valence electrons. The minimum atomic E-state index is -0.813. The van der Waals surface area contributed by atoms with Gasteiger partial charge in [0.25, 0.3) is 0 Å². The van der Waals surface area contributed by atoms with Crippen molar-refractivity contribution in [3.8, 4) is 0 Å². The van der Waals surface area contributed by atoms with Crippen LogP contribution in [0.5, 0.6) is 0 Å². The molecular formula is C15H31NO4. The molecule has 0 rings (SSSR count). The maximum absolute atomic E-state index is 11.4. The molecule has 5 heteroatoms. The third-order valence-corrected chi connectivity index (χ3v) is 3.24. The van der Waals surface area contributed by atoms with Gasteiger partial charge < -0.3 is 19.9 Å². The van der Waals surface area contributed by atoms with Crippen molar-refractivity contribution >= 4 is 5.97 Å². The molecule has 0 aromatic carbocycles.